The van der Waals surface area contributed by atoms with Crippen LogP contribution in [0, 0.1) is 103 Å². The van der Waals surface area contributed by atoms with Crippen LogP contribution in [-0.4, -0.2) is 56.8 Å². The molecule has 0 heterocycles. The Bertz CT molecular complexity index is 3320. The van der Waals surface area contributed by atoms with Crippen molar-refractivity contribution >= 4 is 11.9 Å². The first-order chi connectivity index (χ1) is 39.5. The second kappa shape index (κ2) is 21.6. The van der Waals surface area contributed by atoms with Gasteiger partial charge in [-0.3, -0.25) is 0 Å². The first kappa shape index (κ1) is 56.5. The van der Waals surface area contributed by atoms with E-state index in [4.69, 9.17) is 18.9 Å². The van der Waals surface area contributed by atoms with Crippen molar-refractivity contribution in [2.45, 2.75) is 163 Å². The quantitative estimate of drug-likeness (QED) is 0.0544. The number of carbonyl (C=O) groups excluding carboxylic acids is 2. The minimum atomic E-state index is -0.486. The molecule has 8 fully saturated rings. The molecule has 0 spiro atoms. The Hall–Kier alpha value is -6.94. The van der Waals surface area contributed by atoms with Crippen LogP contribution in [0.3, 0.4) is 0 Å². The van der Waals surface area contributed by atoms with Crippen molar-refractivity contribution < 1.29 is 49.0 Å². The van der Waals surface area contributed by atoms with E-state index in [2.05, 4.69) is 32.0 Å². The lowest BCUT2D eigenvalue weighted by Crippen LogP contribution is -2.58. The molecule has 0 unspecified atom stereocenters. The number of aromatic hydroxyl groups is 4. The van der Waals surface area contributed by atoms with Crippen molar-refractivity contribution in [3.63, 3.8) is 0 Å². The number of phenols is 4. The molecule has 436 valence electrons. The van der Waals surface area contributed by atoms with Crippen LogP contribution in [0.5, 0.6) is 34.5 Å². The molecule has 8 bridgehead atoms. The van der Waals surface area contributed by atoms with Gasteiger partial charge in [-0.25, -0.2) is 9.59 Å². The van der Waals surface area contributed by atoms with E-state index in [0.29, 0.717) is 63.8 Å². The van der Waals surface area contributed by atoms with Gasteiger partial charge in [0.1, 0.15) is 45.7 Å². The lowest BCUT2D eigenvalue weighted by molar-refractivity contribution is -0.205. The number of phenolic OH excluding ortho intramolecular Hbond substituents is 4. The van der Waals surface area contributed by atoms with Gasteiger partial charge in [0.25, 0.3) is 0 Å². The molecule has 0 amide bonds. The van der Waals surface area contributed by atoms with Crippen LogP contribution in [-0.2, 0) is 25.5 Å². The van der Waals surface area contributed by atoms with Gasteiger partial charge in [0.2, 0.25) is 0 Å². The van der Waals surface area contributed by atoms with Crippen molar-refractivity contribution in [3.8, 4) is 34.5 Å². The van der Waals surface area contributed by atoms with Crippen molar-refractivity contribution in [1.29, 1.82) is 0 Å². The molecule has 0 aliphatic heterocycles. The normalized spacial score (nSPS) is 26.8. The van der Waals surface area contributed by atoms with Gasteiger partial charge < -0.3 is 39.4 Å². The predicted octanol–water partition coefficient (Wildman–Crippen LogP) is 15.2. The number of aryl methyl sites for hydroxylation is 8. The van der Waals surface area contributed by atoms with Gasteiger partial charge in [-0.15, -0.1) is 0 Å². The van der Waals surface area contributed by atoms with E-state index in [9.17, 15) is 30.0 Å². The Morgan fingerprint density at radius 2 is 0.711 bits per heavy atom. The summed E-state index contributed by atoms with van der Waals surface area (Å²) in [6, 6.07) is 27.2. The van der Waals surface area contributed by atoms with E-state index in [-0.39, 0.29) is 48.2 Å². The lowest BCUT2D eigenvalue weighted by Gasteiger charge is -2.59. The topological polar surface area (TPSA) is 152 Å². The summed E-state index contributed by atoms with van der Waals surface area (Å²) in [7, 11) is 0. The summed E-state index contributed by atoms with van der Waals surface area (Å²) >= 11 is 0. The van der Waals surface area contributed by atoms with Gasteiger partial charge in [0, 0.05) is 23.0 Å². The monoisotopic (exact) mass is 1120 g/mol. The van der Waals surface area contributed by atoms with E-state index in [1.54, 1.807) is 24.3 Å². The molecule has 0 aromatic heterocycles. The fourth-order valence-corrected chi connectivity index (χ4v) is 17.4. The van der Waals surface area contributed by atoms with Gasteiger partial charge in [-0.2, -0.15) is 0 Å². The molecule has 6 aromatic rings. The Kier molecular flexibility index (Phi) is 14.7. The van der Waals surface area contributed by atoms with Gasteiger partial charge in [0.05, 0.1) is 0 Å². The van der Waals surface area contributed by atoms with Gasteiger partial charge >= 0.3 is 11.9 Å². The van der Waals surface area contributed by atoms with E-state index in [1.807, 2.05) is 97.9 Å². The molecule has 10 heteroatoms. The molecule has 14 rings (SSSR count). The highest BCUT2D eigenvalue weighted by molar-refractivity contribution is 5.73. The third-order valence-electron chi connectivity index (χ3n) is 21.6. The summed E-state index contributed by atoms with van der Waals surface area (Å²) in [5, 5.41) is 45.5. The van der Waals surface area contributed by atoms with Crippen LogP contribution in [0.15, 0.2) is 84.9 Å². The number of rotatable bonds is 16. The van der Waals surface area contributed by atoms with E-state index >= 15 is 0 Å². The minimum Gasteiger partial charge on any atom is -0.508 e. The summed E-state index contributed by atoms with van der Waals surface area (Å²) in [6.07, 6.45) is 12.2. The molecule has 6 aromatic carbocycles. The number of carbonyl (C=O) groups is 2. The fourth-order valence-electron chi connectivity index (χ4n) is 17.4. The first-order valence-electron chi connectivity index (χ1n) is 30.7. The van der Waals surface area contributed by atoms with Gasteiger partial charge in [-0.1, -0.05) is 48.5 Å². The lowest BCUT2D eigenvalue weighted by atomic mass is 9.50. The summed E-state index contributed by atoms with van der Waals surface area (Å²) in [6.45, 7) is 19.7. The number of esters is 2. The fraction of sp³-hybridized carbons (Fsp3) is 0.479. The molecule has 0 atom stereocenters. The van der Waals surface area contributed by atoms with Crippen molar-refractivity contribution in [1.82, 2.24) is 0 Å². The van der Waals surface area contributed by atoms with Crippen LogP contribution in [0.4, 0.5) is 0 Å². The third-order valence-corrected chi connectivity index (χ3v) is 21.6. The van der Waals surface area contributed by atoms with Crippen molar-refractivity contribution in [2.75, 3.05) is 13.2 Å². The molecular weight excluding hydrogens is 1040 g/mol. The van der Waals surface area contributed by atoms with Gasteiger partial charge in [-0.05, 0) is 301 Å². The van der Waals surface area contributed by atoms with E-state index in [0.717, 1.165) is 142 Å². The Labute approximate surface area is 490 Å². The summed E-state index contributed by atoms with van der Waals surface area (Å²) < 4.78 is 25.6. The average Bonchev–Trinajstić information content (AvgIpc) is 2.18. The molecule has 8 aliphatic rings. The molecule has 10 nitrogen and oxygen atoms in total. The second-order valence-corrected chi connectivity index (χ2v) is 27.3. The zero-order valence-corrected chi connectivity index (χ0v) is 50.3. The van der Waals surface area contributed by atoms with Crippen LogP contribution < -0.4 is 9.47 Å². The summed E-state index contributed by atoms with van der Waals surface area (Å²) in [5.41, 5.74) is 12.8. The maximum atomic E-state index is 13.7. The van der Waals surface area contributed by atoms with Crippen LogP contribution in [0.25, 0.3) is 0 Å². The second-order valence-electron chi connectivity index (χ2n) is 27.3. The van der Waals surface area contributed by atoms with Crippen LogP contribution >= 0.6 is 0 Å². The molecule has 8 saturated carbocycles. The summed E-state index contributed by atoms with van der Waals surface area (Å²) in [4.78, 5) is 27.5. The summed E-state index contributed by atoms with van der Waals surface area (Å²) in [5.74, 6) is 4.91. The highest BCUT2D eigenvalue weighted by Gasteiger charge is 2.58. The zero-order chi connectivity index (χ0) is 58.6. The Morgan fingerprint density at radius 1 is 0.398 bits per heavy atom. The van der Waals surface area contributed by atoms with Crippen LogP contribution in [0.2, 0.25) is 0 Å². The standard InChI is InChI=1S/C73H84O10/c1-38-19-64(76)42(5)15-56(38)70(57-16-43(6)65(77)20-39(57)2)60-34-46(11-13-62(60)74)23-47-12-14-63(75)61(35-47)71(58-17-44(7)66(21-40(58)3)80-36-68(78)82-72(9)52-26-48-24-49(28-52)29-53(72)27-48)59-18-45(8)67(22-41(59)4)81-37-69(79)83-73(10)54-30-50-25-51(32-54)33-55(73)31-50/h11-22,34-35,48-55,70-71,74-77H,23-33,36-37H2,1-10H3. The van der Waals surface area contributed by atoms with E-state index < -0.39 is 23.0 Å². The highest BCUT2D eigenvalue weighted by Crippen LogP contribution is 2.61. The maximum absolute atomic E-state index is 13.7. The third kappa shape index (κ3) is 10.5. The molecular formula is C73H84O10. The Morgan fingerprint density at radius 3 is 1.05 bits per heavy atom. The van der Waals surface area contributed by atoms with Crippen molar-refractivity contribution in [2.24, 2.45) is 47.3 Å². The van der Waals surface area contributed by atoms with Gasteiger partial charge in [0.15, 0.2) is 13.2 Å². The number of ether oxygens (including phenoxy) is 4. The number of benzene rings is 6. The van der Waals surface area contributed by atoms with Crippen molar-refractivity contribution in [3.05, 3.63) is 174 Å². The molecule has 0 radical (unpaired) electrons. The molecule has 0 saturated heterocycles. The Balaban J connectivity index is 0.863. The van der Waals surface area contributed by atoms with E-state index in [1.165, 1.54) is 12.8 Å². The smallest absolute Gasteiger partial charge is 0.344 e. The highest BCUT2D eigenvalue weighted by atomic mass is 16.6. The average molecular weight is 1120 g/mol. The first-order valence-corrected chi connectivity index (χ1v) is 30.7. The number of hydrogen-bond acceptors (Lipinski definition) is 10. The SMILES string of the molecule is Cc1cc(C(c2cc(C)c(O)cc2C)c2cc(Cc3ccc(O)c(C(c4cc(C)c(OCC(=O)OC5(C)C6CC7CC(C6)CC5C7)cc4C)c4cc(C)c(OCC(=O)OC5(C)C6CC7CC(C6)CC5C7)cc4C)c3)ccc2O)c(C)cc1O. The minimum absolute atomic E-state index is 0.123. The maximum Gasteiger partial charge on any atom is 0.344 e. The van der Waals surface area contributed by atoms with Crippen LogP contribution in [0.1, 0.15) is 179 Å². The number of hydrogen-bond donors (Lipinski definition) is 4. The largest absolute Gasteiger partial charge is 0.508 e. The molecule has 83 heavy (non-hydrogen) atoms. The zero-order valence-electron chi connectivity index (χ0n) is 50.3. The molecule has 8 aliphatic carbocycles. The molecule has 4 N–H and O–H groups in total. The predicted molar refractivity (Wildman–Crippen MR) is 322 cm³/mol.